The van der Waals surface area contributed by atoms with E-state index in [0.29, 0.717) is 39.2 Å². The summed E-state index contributed by atoms with van der Waals surface area (Å²) < 4.78 is 4.92. The van der Waals surface area contributed by atoms with Gasteiger partial charge in [-0.2, -0.15) is 0 Å². The van der Waals surface area contributed by atoms with Crippen molar-refractivity contribution in [3.63, 3.8) is 0 Å². The average molecular weight is 512 g/mol. The van der Waals surface area contributed by atoms with Gasteiger partial charge in [0.25, 0.3) is 0 Å². The molecule has 194 valence electrons. The number of thiophene rings is 1. The highest BCUT2D eigenvalue weighted by Gasteiger charge is 2.33. The highest BCUT2D eigenvalue weighted by molar-refractivity contribution is 7.10. The van der Waals surface area contributed by atoms with Gasteiger partial charge in [-0.15, -0.1) is 11.3 Å². The fourth-order valence-electron chi connectivity index (χ4n) is 5.40. The second-order valence-electron chi connectivity index (χ2n) is 9.68. The summed E-state index contributed by atoms with van der Waals surface area (Å²) >= 11 is 1.83. The topological polar surface area (TPSA) is 70.2 Å². The van der Waals surface area contributed by atoms with Crippen LogP contribution in [0.5, 0.6) is 0 Å². The van der Waals surface area contributed by atoms with Gasteiger partial charge in [-0.25, -0.2) is 0 Å². The molecule has 1 fully saturated rings. The molecule has 0 saturated carbocycles. The molecule has 1 aromatic carbocycles. The molecule has 3 heterocycles. The molecule has 0 spiro atoms. The van der Waals surface area contributed by atoms with Crippen LogP contribution in [-0.2, 0) is 25.5 Å². The summed E-state index contributed by atoms with van der Waals surface area (Å²) in [5, 5.41) is 2.18. The molecule has 0 aliphatic carbocycles. The summed E-state index contributed by atoms with van der Waals surface area (Å²) in [6.07, 6.45) is 1.73. The average Bonchev–Trinajstić information content (AvgIpc) is 3.35. The first-order valence-corrected chi connectivity index (χ1v) is 13.9. The lowest BCUT2D eigenvalue weighted by Crippen LogP contribution is -2.55. The van der Waals surface area contributed by atoms with E-state index in [9.17, 15) is 14.4 Å². The lowest BCUT2D eigenvalue weighted by molar-refractivity contribution is -0.147. The van der Waals surface area contributed by atoms with Crippen molar-refractivity contribution in [1.29, 1.82) is 0 Å². The zero-order valence-corrected chi connectivity index (χ0v) is 22.4. The minimum atomic E-state index is -0.344. The summed E-state index contributed by atoms with van der Waals surface area (Å²) in [6, 6.07) is 10.9. The number of hydrogen-bond acceptors (Lipinski definition) is 6. The third kappa shape index (κ3) is 5.98. The first-order valence-electron chi connectivity index (χ1n) is 13.0. The largest absolute Gasteiger partial charge is 0.466 e. The zero-order chi connectivity index (χ0) is 25.7. The fourth-order valence-corrected chi connectivity index (χ4v) is 6.31. The van der Waals surface area contributed by atoms with E-state index in [1.165, 1.54) is 21.6 Å². The van der Waals surface area contributed by atoms with Crippen LogP contribution in [0.3, 0.4) is 0 Å². The van der Waals surface area contributed by atoms with Crippen molar-refractivity contribution in [1.82, 2.24) is 14.7 Å². The van der Waals surface area contributed by atoms with Crippen LogP contribution < -0.4 is 0 Å². The van der Waals surface area contributed by atoms with E-state index in [2.05, 4.69) is 47.5 Å². The van der Waals surface area contributed by atoms with Gasteiger partial charge >= 0.3 is 5.97 Å². The van der Waals surface area contributed by atoms with Crippen LogP contribution in [0.25, 0.3) is 0 Å². The molecule has 0 bridgehead atoms. The number of carbonyl (C=O) groups excluding carboxylic acids is 3. The Bertz CT molecular complexity index is 1080. The molecule has 0 N–H and O–H groups in total. The van der Waals surface area contributed by atoms with E-state index in [1.807, 2.05) is 23.2 Å². The number of aryl methyl sites for hydroxylation is 1. The number of ether oxygens (including phenoxy) is 1. The quantitative estimate of drug-likeness (QED) is 0.505. The standard InChI is InChI=1S/C28H37N3O4S/c1-4-35-27(34)10-9-26(33)31-17-16-30(19-21(31)3)25(32)12-15-29-14-11-24-23(13-18-36-24)28(29)22-8-6-5-7-20(22)2/h5-8,13,18,21,28H,4,9-12,14-17,19H2,1-3H3. The maximum absolute atomic E-state index is 13.2. The normalized spacial score (nSPS) is 20.2. The molecule has 1 aromatic heterocycles. The predicted octanol–water partition coefficient (Wildman–Crippen LogP) is 3.80. The molecular weight excluding hydrogens is 474 g/mol. The monoisotopic (exact) mass is 511 g/mol. The van der Waals surface area contributed by atoms with Crippen LogP contribution in [0.1, 0.15) is 60.7 Å². The Balaban J connectivity index is 1.33. The highest BCUT2D eigenvalue weighted by Crippen LogP contribution is 2.38. The Morgan fingerprint density at radius 2 is 1.81 bits per heavy atom. The minimum absolute atomic E-state index is 0.0522. The molecule has 4 rings (SSSR count). The lowest BCUT2D eigenvalue weighted by atomic mass is 9.90. The zero-order valence-electron chi connectivity index (χ0n) is 21.6. The third-order valence-electron chi connectivity index (χ3n) is 7.31. The van der Waals surface area contributed by atoms with E-state index in [4.69, 9.17) is 4.74 Å². The predicted molar refractivity (Wildman–Crippen MR) is 141 cm³/mol. The van der Waals surface area contributed by atoms with Crippen LogP contribution in [0.15, 0.2) is 35.7 Å². The van der Waals surface area contributed by atoms with Crippen LogP contribution in [0, 0.1) is 6.92 Å². The number of amides is 2. The number of rotatable bonds is 8. The van der Waals surface area contributed by atoms with Crippen molar-refractivity contribution in [2.24, 2.45) is 0 Å². The summed E-state index contributed by atoms with van der Waals surface area (Å²) in [5.41, 5.74) is 3.96. The smallest absolute Gasteiger partial charge is 0.306 e. The van der Waals surface area contributed by atoms with Crippen LogP contribution in [0.4, 0.5) is 0 Å². The van der Waals surface area contributed by atoms with Crippen LogP contribution in [0.2, 0.25) is 0 Å². The number of fused-ring (bicyclic) bond motifs is 1. The minimum Gasteiger partial charge on any atom is -0.466 e. The Kier molecular flexibility index (Phi) is 8.80. The molecule has 2 atom stereocenters. The maximum atomic E-state index is 13.2. The summed E-state index contributed by atoms with van der Waals surface area (Å²) in [4.78, 5) is 45.0. The number of nitrogens with zero attached hydrogens (tertiary/aromatic N) is 3. The molecule has 2 aliphatic rings. The summed E-state index contributed by atoms with van der Waals surface area (Å²) in [5.74, 6) is -0.257. The SMILES string of the molecule is CCOC(=O)CCC(=O)N1CCN(C(=O)CCN2CCc3sccc3C2c2ccccc2C)CC1C. The molecule has 2 amide bonds. The molecule has 2 aliphatic heterocycles. The van der Waals surface area contributed by atoms with Gasteiger partial charge in [0, 0.05) is 56.5 Å². The fraction of sp³-hybridized carbons (Fsp3) is 0.536. The van der Waals surface area contributed by atoms with Crippen molar-refractivity contribution >= 4 is 29.1 Å². The van der Waals surface area contributed by atoms with Crippen LogP contribution in [-0.4, -0.2) is 77.9 Å². The first-order chi connectivity index (χ1) is 17.4. The van der Waals surface area contributed by atoms with Crippen LogP contribution >= 0.6 is 11.3 Å². The Morgan fingerprint density at radius 1 is 1.00 bits per heavy atom. The molecule has 2 unspecified atom stereocenters. The van der Waals surface area contributed by atoms with Gasteiger partial charge in [0.15, 0.2) is 0 Å². The van der Waals surface area contributed by atoms with Gasteiger partial charge in [0.1, 0.15) is 0 Å². The van der Waals surface area contributed by atoms with Gasteiger partial charge < -0.3 is 14.5 Å². The van der Waals surface area contributed by atoms with E-state index in [-0.39, 0.29) is 42.7 Å². The number of piperazine rings is 1. The van der Waals surface area contributed by atoms with Crippen molar-refractivity contribution in [2.75, 3.05) is 39.3 Å². The Hall–Kier alpha value is -2.71. The summed E-state index contributed by atoms with van der Waals surface area (Å²) in [7, 11) is 0. The van der Waals surface area contributed by atoms with E-state index >= 15 is 0 Å². The Morgan fingerprint density at radius 3 is 2.56 bits per heavy atom. The van der Waals surface area contributed by atoms with E-state index in [1.54, 1.807) is 11.8 Å². The van der Waals surface area contributed by atoms with E-state index < -0.39 is 0 Å². The van der Waals surface area contributed by atoms with Crippen molar-refractivity contribution in [2.45, 2.75) is 58.5 Å². The second kappa shape index (κ2) is 12.0. The number of esters is 1. The van der Waals surface area contributed by atoms with Gasteiger partial charge in [0.05, 0.1) is 19.1 Å². The molecule has 1 saturated heterocycles. The van der Waals surface area contributed by atoms with E-state index in [0.717, 1.165) is 13.0 Å². The van der Waals surface area contributed by atoms with Crippen molar-refractivity contribution < 1.29 is 19.1 Å². The highest BCUT2D eigenvalue weighted by atomic mass is 32.1. The van der Waals surface area contributed by atoms with Gasteiger partial charge in [-0.1, -0.05) is 24.3 Å². The molecule has 36 heavy (non-hydrogen) atoms. The molecule has 0 radical (unpaired) electrons. The van der Waals surface area contributed by atoms with Crippen molar-refractivity contribution in [3.8, 4) is 0 Å². The van der Waals surface area contributed by atoms with Crippen molar-refractivity contribution in [3.05, 3.63) is 57.3 Å². The maximum Gasteiger partial charge on any atom is 0.306 e. The lowest BCUT2D eigenvalue weighted by Gasteiger charge is -2.41. The third-order valence-corrected chi connectivity index (χ3v) is 8.31. The molecule has 2 aromatic rings. The Labute approximate surface area is 218 Å². The first kappa shape index (κ1) is 26.4. The molecule has 8 heteroatoms. The van der Waals surface area contributed by atoms with Gasteiger partial charge in [-0.3, -0.25) is 19.3 Å². The van der Waals surface area contributed by atoms with Gasteiger partial charge in [0.2, 0.25) is 11.8 Å². The second-order valence-corrected chi connectivity index (χ2v) is 10.7. The number of hydrogen-bond donors (Lipinski definition) is 0. The number of carbonyl (C=O) groups is 3. The summed E-state index contributed by atoms with van der Waals surface area (Å²) in [6.45, 7) is 9.42. The molecular formula is C28H37N3O4S. The van der Waals surface area contributed by atoms with Gasteiger partial charge in [-0.05, 0) is 55.3 Å². The number of benzene rings is 1. The molecule has 7 nitrogen and oxygen atoms in total.